The molecule has 1 aliphatic heterocycles. The number of nitrogens with two attached hydrogens (primary N) is 1. The van der Waals surface area contributed by atoms with Crippen LogP contribution in [0.2, 0.25) is 0 Å². The SMILES string of the molecule is CC(C)(C)OC(=O)NCC1=N[C@H](C(N)=S)CS1. The monoisotopic (exact) mass is 275 g/mol. The Bertz CT molecular complexity index is 350. The zero-order chi connectivity index (χ0) is 13.1. The van der Waals surface area contributed by atoms with Crippen molar-refractivity contribution in [3.63, 3.8) is 0 Å². The molecule has 7 heteroatoms. The van der Waals surface area contributed by atoms with Crippen LogP contribution in [0.4, 0.5) is 4.79 Å². The Morgan fingerprint density at radius 3 is 2.82 bits per heavy atom. The van der Waals surface area contributed by atoms with Gasteiger partial charge in [-0.1, -0.05) is 12.2 Å². The van der Waals surface area contributed by atoms with Gasteiger partial charge in [-0.15, -0.1) is 11.8 Å². The van der Waals surface area contributed by atoms with E-state index in [1.807, 2.05) is 20.8 Å². The van der Waals surface area contributed by atoms with Gasteiger partial charge in [0.25, 0.3) is 0 Å². The van der Waals surface area contributed by atoms with Crippen LogP contribution < -0.4 is 11.1 Å². The maximum atomic E-state index is 11.4. The number of amides is 1. The number of aliphatic imine (C=N–C) groups is 1. The number of carbonyl (C=O) groups excluding carboxylic acids is 1. The fraction of sp³-hybridized carbons (Fsp3) is 0.700. The minimum atomic E-state index is -0.490. The van der Waals surface area contributed by atoms with Crippen LogP contribution in [-0.2, 0) is 4.74 Å². The van der Waals surface area contributed by atoms with Crippen LogP contribution in [0.25, 0.3) is 0 Å². The minimum absolute atomic E-state index is 0.106. The molecule has 0 saturated heterocycles. The highest BCUT2D eigenvalue weighted by atomic mass is 32.2. The van der Waals surface area contributed by atoms with Crippen LogP contribution in [0.15, 0.2) is 4.99 Å². The van der Waals surface area contributed by atoms with Crippen molar-refractivity contribution in [2.75, 3.05) is 12.3 Å². The van der Waals surface area contributed by atoms with E-state index in [0.29, 0.717) is 11.5 Å². The predicted octanol–water partition coefficient (Wildman–Crippen LogP) is 1.31. The molecule has 1 rings (SSSR count). The molecule has 1 aliphatic rings. The van der Waals surface area contributed by atoms with E-state index in [1.165, 1.54) is 0 Å². The third-order valence-corrected chi connectivity index (χ3v) is 3.16. The standard InChI is InChI=1S/C10H17N3O2S2/c1-10(2,3)15-9(14)12-4-7-13-6(5-17-7)8(11)16/h6H,4-5H2,1-3H3,(H2,11,16)(H,12,14)/t6-/m0/s1. The Balaban J connectivity index is 2.35. The Morgan fingerprint density at radius 1 is 1.71 bits per heavy atom. The molecule has 1 heterocycles. The van der Waals surface area contributed by atoms with Gasteiger partial charge in [0.05, 0.1) is 16.6 Å². The van der Waals surface area contributed by atoms with Crippen LogP contribution in [0.1, 0.15) is 20.8 Å². The lowest BCUT2D eigenvalue weighted by atomic mass is 10.2. The predicted molar refractivity (Wildman–Crippen MR) is 74.7 cm³/mol. The van der Waals surface area contributed by atoms with Gasteiger partial charge < -0.3 is 15.8 Å². The molecule has 0 saturated carbocycles. The van der Waals surface area contributed by atoms with Gasteiger partial charge in [0.15, 0.2) is 0 Å². The second kappa shape index (κ2) is 5.68. The number of thiocarbonyl (C=S) groups is 1. The lowest BCUT2D eigenvalue weighted by molar-refractivity contribution is 0.0536. The van der Waals surface area contributed by atoms with Crippen molar-refractivity contribution in [2.45, 2.75) is 32.4 Å². The molecule has 0 aromatic heterocycles. The molecular weight excluding hydrogens is 258 g/mol. The third-order valence-electron chi connectivity index (χ3n) is 1.82. The highest BCUT2D eigenvalue weighted by Gasteiger charge is 2.21. The number of thioether (sulfide) groups is 1. The van der Waals surface area contributed by atoms with E-state index in [1.54, 1.807) is 11.8 Å². The smallest absolute Gasteiger partial charge is 0.407 e. The molecule has 3 N–H and O–H groups in total. The summed E-state index contributed by atoms with van der Waals surface area (Å²) in [7, 11) is 0. The molecular formula is C10H17N3O2S2. The van der Waals surface area contributed by atoms with E-state index < -0.39 is 11.7 Å². The van der Waals surface area contributed by atoms with Crippen molar-refractivity contribution in [1.82, 2.24) is 5.32 Å². The van der Waals surface area contributed by atoms with E-state index in [4.69, 9.17) is 22.7 Å². The van der Waals surface area contributed by atoms with Gasteiger partial charge in [0, 0.05) is 5.75 Å². The summed E-state index contributed by atoms with van der Waals surface area (Å²) in [6.45, 7) is 5.81. The van der Waals surface area contributed by atoms with E-state index in [9.17, 15) is 4.79 Å². The van der Waals surface area contributed by atoms with Crippen LogP contribution in [0, 0.1) is 0 Å². The third kappa shape index (κ3) is 5.36. The number of nitrogens with zero attached hydrogens (tertiary/aromatic N) is 1. The number of alkyl carbamates (subject to hydrolysis) is 1. The summed E-state index contributed by atoms with van der Waals surface area (Å²) in [6.07, 6.45) is -0.445. The average Bonchev–Trinajstić information content (AvgIpc) is 2.60. The highest BCUT2D eigenvalue weighted by molar-refractivity contribution is 8.14. The first-order valence-corrected chi connectivity index (χ1v) is 6.63. The molecule has 0 radical (unpaired) electrons. The van der Waals surface area contributed by atoms with Gasteiger partial charge in [0.1, 0.15) is 11.6 Å². The minimum Gasteiger partial charge on any atom is -0.444 e. The first kappa shape index (κ1) is 14.2. The summed E-state index contributed by atoms with van der Waals surface area (Å²) in [5.41, 5.74) is 5.01. The lowest BCUT2D eigenvalue weighted by Gasteiger charge is -2.19. The van der Waals surface area contributed by atoms with E-state index in [0.717, 1.165) is 10.8 Å². The zero-order valence-electron chi connectivity index (χ0n) is 10.1. The molecule has 1 amide bonds. The second-order valence-corrected chi connectivity index (χ2v) is 6.17. The molecule has 0 aromatic rings. The van der Waals surface area contributed by atoms with E-state index in [-0.39, 0.29) is 6.04 Å². The maximum Gasteiger partial charge on any atom is 0.407 e. The van der Waals surface area contributed by atoms with Crippen molar-refractivity contribution in [1.29, 1.82) is 0 Å². The van der Waals surface area contributed by atoms with Crippen molar-refractivity contribution >= 4 is 40.1 Å². The highest BCUT2D eigenvalue weighted by Crippen LogP contribution is 2.17. The zero-order valence-corrected chi connectivity index (χ0v) is 11.8. The number of nitrogens with one attached hydrogen (secondary N) is 1. The lowest BCUT2D eigenvalue weighted by Crippen LogP contribution is -2.34. The summed E-state index contributed by atoms with van der Waals surface area (Å²) in [4.78, 5) is 16.1. The van der Waals surface area contributed by atoms with Crippen LogP contribution in [0.5, 0.6) is 0 Å². The molecule has 5 nitrogen and oxygen atoms in total. The van der Waals surface area contributed by atoms with Crippen LogP contribution >= 0.6 is 24.0 Å². The van der Waals surface area contributed by atoms with Crippen molar-refractivity contribution in [2.24, 2.45) is 10.7 Å². The molecule has 96 valence electrons. The van der Waals surface area contributed by atoms with Gasteiger partial charge in [-0.05, 0) is 20.8 Å². The Kier molecular flexibility index (Phi) is 4.76. The van der Waals surface area contributed by atoms with Crippen molar-refractivity contribution in [3.05, 3.63) is 0 Å². The van der Waals surface area contributed by atoms with Crippen LogP contribution in [0.3, 0.4) is 0 Å². The first-order chi connectivity index (χ1) is 7.78. The number of rotatable bonds is 3. The summed E-state index contributed by atoms with van der Waals surface area (Å²) in [5, 5.41) is 3.47. The first-order valence-electron chi connectivity index (χ1n) is 5.23. The normalized spacial score (nSPS) is 19.7. The Hall–Kier alpha value is -0.820. The molecule has 0 aliphatic carbocycles. The van der Waals surface area contributed by atoms with Gasteiger partial charge in [-0.25, -0.2) is 4.79 Å². The molecule has 0 bridgehead atoms. The van der Waals surface area contributed by atoms with Crippen molar-refractivity contribution < 1.29 is 9.53 Å². The Morgan fingerprint density at radius 2 is 2.35 bits per heavy atom. The Labute approximate surface area is 111 Å². The number of ether oxygens (including phenoxy) is 1. The average molecular weight is 275 g/mol. The summed E-state index contributed by atoms with van der Waals surface area (Å²) in [5.74, 6) is 0.751. The molecule has 17 heavy (non-hydrogen) atoms. The second-order valence-electron chi connectivity index (χ2n) is 4.61. The van der Waals surface area contributed by atoms with Gasteiger partial charge >= 0.3 is 6.09 Å². The van der Waals surface area contributed by atoms with Gasteiger partial charge in [0.2, 0.25) is 0 Å². The summed E-state index contributed by atoms with van der Waals surface area (Å²) >= 11 is 6.41. The fourth-order valence-electron chi connectivity index (χ4n) is 1.13. The summed E-state index contributed by atoms with van der Waals surface area (Å²) < 4.78 is 5.11. The van der Waals surface area contributed by atoms with E-state index in [2.05, 4.69) is 10.3 Å². The largest absolute Gasteiger partial charge is 0.444 e. The molecule has 0 unspecified atom stereocenters. The number of carbonyl (C=O) groups is 1. The number of hydrogen-bond acceptors (Lipinski definition) is 5. The quantitative estimate of drug-likeness (QED) is 0.759. The topological polar surface area (TPSA) is 76.7 Å². The molecule has 0 aromatic carbocycles. The molecule has 1 atom stereocenters. The molecule has 0 fully saturated rings. The van der Waals surface area contributed by atoms with Crippen molar-refractivity contribution in [3.8, 4) is 0 Å². The maximum absolute atomic E-state index is 11.4. The van der Waals surface area contributed by atoms with Gasteiger partial charge in [-0.3, -0.25) is 4.99 Å². The van der Waals surface area contributed by atoms with Crippen LogP contribution in [-0.4, -0.2) is 40.1 Å². The van der Waals surface area contributed by atoms with E-state index >= 15 is 0 Å². The summed E-state index contributed by atoms with van der Waals surface area (Å²) in [6, 6.07) is -0.106. The molecule has 0 spiro atoms. The number of hydrogen-bond donors (Lipinski definition) is 2. The van der Waals surface area contributed by atoms with Gasteiger partial charge in [-0.2, -0.15) is 0 Å². The fourth-order valence-corrected chi connectivity index (χ4v) is 2.35.